The van der Waals surface area contributed by atoms with Gasteiger partial charge >= 0.3 is 0 Å². The van der Waals surface area contributed by atoms with Crippen molar-refractivity contribution >= 4 is 11.8 Å². The van der Waals surface area contributed by atoms with Crippen LogP contribution in [0.25, 0.3) is 0 Å². The van der Waals surface area contributed by atoms with Crippen LogP contribution in [0.1, 0.15) is 19.4 Å². The minimum atomic E-state index is -0.303. The van der Waals surface area contributed by atoms with Gasteiger partial charge in [-0.2, -0.15) is 4.98 Å². The van der Waals surface area contributed by atoms with Crippen LogP contribution in [0.5, 0.6) is 0 Å². The molecule has 1 saturated heterocycles. The highest BCUT2D eigenvalue weighted by Crippen LogP contribution is 2.27. The van der Waals surface area contributed by atoms with Crippen LogP contribution < -0.4 is 10.2 Å². The minimum Gasteiger partial charge on any atom is -0.394 e. The van der Waals surface area contributed by atoms with E-state index in [1.807, 2.05) is 27.0 Å². The first-order valence-corrected chi connectivity index (χ1v) is 6.50. The molecule has 1 aromatic heterocycles. The number of anilines is 2. The Morgan fingerprint density at radius 2 is 2.32 bits per heavy atom. The molecular formula is C13H22N4O2. The van der Waals surface area contributed by atoms with Crippen molar-refractivity contribution in [2.24, 2.45) is 0 Å². The second-order valence-corrected chi connectivity index (χ2v) is 5.51. The molecule has 1 atom stereocenters. The van der Waals surface area contributed by atoms with Crippen LogP contribution in [0.15, 0.2) is 6.20 Å². The lowest BCUT2D eigenvalue weighted by Crippen LogP contribution is -2.54. The Morgan fingerprint density at radius 1 is 1.58 bits per heavy atom. The molecular weight excluding hydrogens is 244 g/mol. The van der Waals surface area contributed by atoms with E-state index in [0.29, 0.717) is 12.5 Å². The SMILES string of the molecule is CNc1ncc(C)c(N2CC(CO)OC(C)(C)C2)n1. The maximum Gasteiger partial charge on any atom is 0.224 e. The molecule has 1 aromatic rings. The standard InChI is InChI=1S/C13H22N4O2/c1-9-5-15-12(14-4)16-11(9)17-6-10(7-18)19-13(2,3)8-17/h5,10,18H,6-8H2,1-4H3,(H,14,15,16). The van der Waals surface area contributed by atoms with Crippen LogP contribution in [0, 0.1) is 6.92 Å². The zero-order chi connectivity index (χ0) is 14.0. The van der Waals surface area contributed by atoms with E-state index in [4.69, 9.17) is 4.74 Å². The van der Waals surface area contributed by atoms with Crippen molar-refractivity contribution in [2.45, 2.75) is 32.5 Å². The van der Waals surface area contributed by atoms with E-state index >= 15 is 0 Å². The van der Waals surface area contributed by atoms with Crippen LogP contribution in [-0.4, -0.2) is 53.5 Å². The molecule has 1 aliphatic heterocycles. The van der Waals surface area contributed by atoms with Crippen molar-refractivity contribution in [3.05, 3.63) is 11.8 Å². The van der Waals surface area contributed by atoms with Crippen molar-refractivity contribution in [1.29, 1.82) is 0 Å². The average Bonchev–Trinajstić information content (AvgIpc) is 2.37. The largest absolute Gasteiger partial charge is 0.394 e. The average molecular weight is 266 g/mol. The number of ether oxygens (including phenoxy) is 1. The predicted octanol–water partition coefficient (Wildman–Crippen LogP) is 0.803. The topological polar surface area (TPSA) is 70.5 Å². The summed E-state index contributed by atoms with van der Waals surface area (Å²) in [5.41, 5.74) is 0.719. The van der Waals surface area contributed by atoms with Gasteiger partial charge in [-0.05, 0) is 20.8 Å². The number of nitrogens with one attached hydrogen (secondary N) is 1. The molecule has 106 valence electrons. The van der Waals surface area contributed by atoms with Gasteiger partial charge in [0.05, 0.1) is 18.3 Å². The third-order valence-corrected chi connectivity index (χ3v) is 3.15. The second-order valence-electron chi connectivity index (χ2n) is 5.51. The summed E-state index contributed by atoms with van der Waals surface area (Å²) in [6.07, 6.45) is 1.63. The van der Waals surface area contributed by atoms with Gasteiger partial charge < -0.3 is 20.1 Å². The lowest BCUT2D eigenvalue weighted by Gasteiger charge is -2.43. The first-order valence-electron chi connectivity index (χ1n) is 6.50. The molecule has 1 unspecified atom stereocenters. The number of aliphatic hydroxyl groups excluding tert-OH is 1. The number of nitrogens with zero attached hydrogens (tertiary/aromatic N) is 3. The zero-order valence-electron chi connectivity index (χ0n) is 12.0. The van der Waals surface area contributed by atoms with Gasteiger partial charge in [-0.15, -0.1) is 0 Å². The molecule has 2 heterocycles. The normalized spacial score (nSPS) is 22.4. The highest BCUT2D eigenvalue weighted by Gasteiger charge is 2.34. The summed E-state index contributed by atoms with van der Waals surface area (Å²) in [4.78, 5) is 10.9. The molecule has 0 bridgehead atoms. The van der Waals surface area contributed by atoms with Crippen LogP contribution in [0.3, 0.4) is 0 Å². The Hall–Kier alpha value is -1.40. The molecule has 0 saturated carbocycles. The molecule has 0 radical (unpaired) electrons. The molecule has 0 amide bonds. The van der Waals surface area contributed by atoms with Gasteiger partial charge in [0.2, 0.25) is 5.95 Å². The number of hydrogen-bond acceptors (Lipinski definition) is 6. The lowest BCUT2D eigenvalue weighted by molar-refractivity contribution is -0.101. The highest BCUT2D eigenvalue weighted by atomic mass is 16.5. The molecule has 0 aromatic carbocycles. The Bertz CT molecular complexity index is 450. The summed E-state index contributed by atoms with van der Waals surface area (Å²) < 4.78 is 5.82. The van der Waals surface area contributed by atoms with E-state index in [1.54, 1.807) is 7.05 Å². The van der Waals surface area contributed by atoms with Crippen LogP contribution in [0.2, 0.25) is 0 Å². The maximum absolute atomic E-state index is 9.36. The van der Waals surface area contributed by atoms with Crippen molar-refractivity contribution in [3.63, 3.8) is 0 Å². The van der Waals surface area contributed by atoms with Gasteiger partial charge in [0.25, 0.3) is 0 Å². The predicted molar refractivity (Wildman–Crippen MR) is 74.6 cm³/mol. The molecule has 1 fully saturated rings. The molecule has 6 nitrogen and oxygen atoms in total. The number of aliphatic hydroxyl groups is 1. The van der Waals surface area contributed by atoms with Crippen molar-refractivity contribution in [1.82, 2.24) is 9.97 Å². The van der Waals surface area contributed by atoms with Crippen LogP contribution in [-0.2, 0) is 4.74 Å². The van der Waals surface area contributed by atoms with E-state index in [1.165, 1.54) is 0 Å². The monoisotopic (exact) mass is 266 g/mol. The minimum absolute atomic E-state index is 0.0168. The summed E-state index contributed by atoms with van der Waals surface area (Å²) in [5.74, 6) is 1.50. The maximum atomic E-state index is 9.36. The molecule has 0 spiro atoms. The number of rotatable bonds is 3. The summed E-state index contributed by atoms with van der Waals surface area (Å²) in [7, 11) is 1.80. The highest BCUT2D eigenvalue weighted by molar-refractivity contribution is 5.49. The van der Waals surface area contributed by atoms with E-state index in [-0.39, 0.29) is 18.3 Å². The fourth-order valence-electron chi connectivity index (χ4n) is 2.43. The van der Waals surface area contributed by atoms with Crippen LogP contribution in [0.4, 0.5) is 11.8 Å². The number of hydrogen-bond donors (Lipinski definition) is 2. The van der Waals surface area contributed by atoms with E-state index in [0.717, 1.165) is 17.9 Å². The van der Waals surface area contributed by atoms with Gasteiger partial charge in [-0.1, -0.05) is 0 Å². The number of aromatic nitrogens is 2. The molecule has 2 rings (SSSR count). The van der Waals surface area contributed by atoms with Gasteiger partial charge in [0.1, 0.15) is 5.82 Å². The molecule has 6 heteroatoms. The first kappa shape index (κ1) is 14.0. The molecule has 2 N–H and O–H groups in total. The van der Waals surface area contributed by atoms with E-state index < -0.39 is 0 Å². The van der Waals surface area contributed by atoms with Gasteiger partial charge in [-0.25, -0.2) is 4.98 Å². The number of aryl methyl sites for hydroxylation is 1. The molecule has 0 aliphatic carbocycles. The Morgan fingerprint density at radius 3 is 2.95 bits per heavy atom. The molecule has 1 aliphatic rings. The quantitative estimate of drug-likeness (QED) is 0.843. The summed E-state index contributed by atoms with van der Waals surface area (Å²) in [6, 6.07) is 0. The fourth-order valence-corrected chi connectivity index (χ4v) is 2.43. The Labute approximate surface area is 113 Å². The third-order valence-electron chi connectivity index (χ3n) is 3.15. The summed E-state index contributed by atoms with van der Waals surface area (Å²) in [6.45, 7) is 7.44. The summed E-state index contributed by atoms with van der Waals surface area (Å²) in [5, 5.41) is 12.3. The van der Waals surface area contributed by atoms with Gasteiger partial charge in [0, 0.05) is 31.9 Å². The lowest BCUT2D eigenvalue weighted by atomic mass is 10.0. The van der Waals surface area contributed by atoms with Gasteiger partial charge in [-0.3, -0.25) is 0 Å². The third kappa shape index (κ3) is 3.13. The smallest absolute Gasteiger partial charge is 0.224 e. The van der Waals surface area contributed by atoms with Crippen molar-refractivity contribution in [2.75, 3.05) is 37.0 Å². The van der Waals surface area contributed by atoms with Gasteiger partial charge in [0.15, 0.2) is 0 Å². The Balaban J connectivity index is 2.29. The fraction of sp³-hybridized carbons (Fsp3) is 0.692. The Kier molecular flexibility index (Phi) is 3.91. The van der Waals surface area contributed by atoms with Crippen molar-refractivity contribution < 1.29 is 9.84 Å². The number of morpholine rings is 1. The van der Waals surface area contributed by atoms with Crippen LogP contribution >= 0.6 is 0 Å². The molecule has 19 heavy (non-hydrogen) atoms. The van der Waals surface area contributed by atoms with E-state index in [9.17, 15) is 5.11 Å². The zero-order valence-corrected chi connectivity index (χ0v) is 12.0. The van der Waals surface area contributed by atoms with E-state index in [2.05, 4.69) is 20.2 Å². The second kappa shape index (κ2) is 5.30. The summed E-state index contributed by atoms with van der Waals surface area (Å²) >= 11 is 0. The first-order chi connectivity index (χ1) is 8.95. The van der Waals surface area contributed by atoms with Crippen molar-refractivity contribution in [3.8, 4) is 0 Å².